The monoisotopic (exact) mass is 410 g/mol. The first kappa shape index (κ1) is 21.4. The highest BCUT2D eigenvalue weighted by molar-refractivity contribution is 7.89. The zero-order valence-electron chi connectivity index (χ0n) is 15.5. The highest BCUT2D eigenvalue weighted by Gasteiger charge is 2.13. The zero-order chi connectivity index (χ0) is 19.9. The number of quaternary nitrogens is 1. The van der Waals surface area contributed by atoms with Crippen molar-refractivity contribution < 1.29 is 18.1 Å². The Bertz CT molecular complexity index is 851. The van der Waals surface area contributed by atoms with Crippen molar-refractivity contribution in [3.8, 4) is 0 Å². The van der Waals surface area contributed by atoms with Crippen LogP contribution in [-0.2, 0) is 27.9 Å². The smallest absolute Gasteiger partial charge is 0.240 e. The van der Waals surface area contributed by atoms with Crippen LogP contribution in [0.1, 0.15) is 17.5 Å². The number of sulfonamides is 1. The molecule has 6 nitrogen and oxygen atoms in total. The van der Waals surface area contributed by atoms with Crippen LogP contribution in [-0.4, -0.2) is 35.0 Å². The fraction of sp³-hybridized carbons (Fsp3) is 0.316. The first-order valence-electron chi connectivity index (χ1n) is 8.65. The molecule has 1 amide bonds. The molecule has 2 aromatic carbocycles. The number of benzene rings is 2. The highest BCUT2D eigenvalue weighted by atomic mass is 35.5. The van der Waals surface area contributed by atoms with Gasteiger partial charge < -0.3 is 10.2 Å². The third kappa shape index (κ3) is 7.30. The third-order valence-corrected chi connectivity index (χ3v) is 5.57. The molecule has 8 heteroatoms. The predicted octanol–water partition coefficient (Wildman–Crippen LogP) is 0.969. The minimum absolute atomic E-state index is 0.0291. The largest absolute Gasteiger partial charge is 0.352 e. The van der Waals surface area contributed by atoms with E-state index in [-0.39, 0.29) is 23.8 Å². The van der Waals surface area contributed by atoms with Crippen molar-refractivity contribution in [1.29, 1.82) is 0 Å². The molecule has 0 heterocycles. The van der Waals surface area contributed by atoms with Crippen molar-refractivity contribution in [3.05, 3.63) is 64.7 Å². The minimum Gasteiger partial charge on any atom is -0.352 e. The predicted molar refractivity (Wildman–Crippen MR) is 106 cm³/mol. The first-order valence-corrected chi connectivity index (χ1v) is 10.5. The van der Waals surface area contributed by atoms with E-state index < -0.39 is 10.0 Å². The van der Waals surface area contributed by atoms with Crippen LogP contribution in [0.5, 0.6) is 0 Å². The van der Waals surface area contributed by atoms with Gasteiger partial charge >= 0.3 is 0 Å². The molecule has 0 bridgehead atoms. The number of hydrogen-bond donors (Lipinski definition) is 3. The Morgan fingerprint density at radius 3 is 2.19 bits per heavy atom. The van der Waals surface area contributed by atoms with Gasteiger partial charge in [0.25, 0.3) is 0 Å². The van der Waals surface area contributed by atoms with Crippen LogP contribution in [0.2, 0.25) is 5.02 Å². The Hall–Kier alpha value is -1.93. The molecule has 27 heavy (non-hydrogen) atoms. The number of amides is 1. The van der Waals surface area contributed by atoms with Crippen LogP contribution in [0.25, 0.3) is 0 Å². The van der Waals surface area contributed by atoms with Crippen molar-refractivity contribution in [1.82, 2.24) is 10.0 Å². The quantitative estimate of drug-likeness (QED) is 0.576. The van der Waals surface area contributed by atoms with E-state index in [1.165, 1.54) is 34.7 Å². The van der Waals surface area contributed by atoms with Crippen LogP contribution in [0.3, 0.4) is 0 Å². The number of halogens is 1. The summed E-state index contributed by atoms with van der Waals surface area (Å²) in [4.78, 5) is 13.4. The molecule has 3 N–H and O–H groups in total. The second-order valence-electron chi connectivity index (χ2n) is 6.58. The van der Waals surface area contributed by atoms with E-state index in [0.717, 1.165) is 12.1 Å². The summed E-state index contributed by atoms with van der Waals surface area (Å²) in [6.45, 7) is 1.39. The van der Waals surface area contributed by atoms with E-state index in [2.05, 4.69) is 36.3 Å². The molecule has 0 aliphatic carbocycles. The summed E-state index contributed by atoms with van der Waals surface area (Å²) in [5, 5.41) is 3.26. The van der Waals surface area contributed by atoms with E-state index in [9.17, 15) is 13.2 Å². The fourth-order valence-corrected chi connectivity index (χ4v) is 3.63. The van der Waals surface area contributed by atoms with E-state index >= 15 is 0 Å². The Balaban J connectivity index is 1.75. The van der Waals surface area contributed by atoms with Gasteiger partial charge in [0.1, 0.15) is 6.54 Å². The van der Waals surface area contributed by atoms with E-state index in [4.69, 9.17) is 11.6 Å². The van der Waals surface area contributed by atoms with E-state index in [0.29, 0.717) is 11.6 Å². The molecule has 0 unspecified atom stereocenters. The van der Waals surface area contributed by atoms with Crippen molar-refractivity contribution in [2.24, 2.45) is 0 Å². The maximum Gasteiger partial charge on any atom is 0.240 e. The topological polar surface area (TPSA) is 79.7 Å². The van der Waals surface area contributed by atoms with Crippen LogP contribution in [0, 0.1) is 0 Å². The summed E-state index contributed by atoms with van der Waals surface area (Å²) in [5.41, 5.74) is 2.24. The van der Waals surface area contributed by atoms with Crippen LogP contribution < -0.4 is 14.9 Å². The third-order valence-electron chi connectivity index (χ3n) is 3.84. The van der Waals surface area contributed by atoms with Crippen LogP contribution in [0.4, 0.5) is 0 Å². The van der Waals surface area contributed by atoms with Gasteiger partial charge in [-0.05, 0) is 29.8 Å². The molecule has 0 fully saturated rings. The number of carbonyl (C=O) groups is 1. The summed E-state index contributed by atoms with van der Waals surface area (Å²) >= 11 is 5.75. The molecule has 0 spiro atoms. The summed E-state index contributed by atoms with van der Waals surface area (Å²) in [6, 6.07) is 13.9. The lowest BCUT2D eigenvalue weighted by molar-refractivity contribution is -0.872. The lowest BCUT2D eigenvalue weighted by Gasteiger charge is -2.09. The first-order chi connectivity index (χ1) is 12.8. The minimum atomic E-state index is -3.65. The van der Waals surface area contributed by atoms with Gasteiger partial charge in [-0.15, -0.1) is 0 Å². The van der Waals surface area contributed by atoms with Crippen molar-refractivity contribution >= 4 is 27.5 Å². The van der Waals surface area contributed by atoms with Crippen molar-refractivity contribution in [2.45, 2.75) is 24.4 Å². The van der Waals surface area contributed by atoms with E-state index in [1.807, 2.05) is 12.1 Å². The molecule has 2 rings (SSSR count). The normalized spacial score (nSPS) is 11.6. The van der Waals surface area contributed by atoms with Gasteiger partial charge in [-0.25, -0.2) is 13.1 Å². The van der Waals surface area contributed by atoms with Gasteiger partial charge in [-0.3, -0.25) is 4.79 Å². The maximum absolute atomic E-state index is 12.1. The van der Waals surface area contributed by atoms with Crippen molar-refractivity contribution in [2.75, 3.05) is 20.6 Å². The highest BCUT2D eigenvalue weighted by Crippen LogP contribution is 2.13. The number of nitrogens with one attached hydrogen (secondary N) is 3. The average molecular weight is 411 g/mol. The Morgan fingerprint density at radius 1 is 1.00 bits per heavy atom. The standard InChI is InChI=1S/C19H24ClN3O3S/c1-23(2)14-16-5-3-15(4-6-16)13-21-19(24)11-12-22-27(25,26)18-9-7-17(20)8-10-18/h3-10,22H,11-14H2,1-2H3,(H,21,24)/p+1. The number of rotatable bonds is 9. The van der Waals surface area contributed by atoms with Gasteiger partial charge in [0.05, 0.1) is 19.0 Å². The molecule has 0 saturated heterocycles. The van der Waals surface area contributed by atoms with Gasteiger partial charge in [0.15, 0.2) is 0 Å². The molecule has 0 aliphatic rings. The summed E-state index contributed by atoms with van der Waals surface area (Å²) in [5.74, 6) is -0.212. The van der Waals surface area contributed by atoms with Gasteiger partial charge in [-0.2, -0.15) is 0 Å². The summed E-state index contributed by atoms with van der Waals surface area (Å²) < 4.78 is 26.7. The van der Waals surface area contributed by atoms with Gasteiger partial charge in [-0.1, -0.05) is 35.9 Å². The molecule has 0 radical (unpaired) electrons. The van der Waals surface area contributed by atoms with E-state index in [1.54, 1.807) is 0 Å². The summed E-state index contributed by atoms with van der Waals surface area (Å²) in [7, 11) is 0.540. The zero-order valence-corrected chi connectivity index (χ0v) is 17.0. The Morgan fingerprint density at radius 2 is 1.59 bits per heavy atom. The summed E-state index contributed by atoms with van der Waals surface area (Å²) in [6.07, 6.45) is 0.0644. The lowest BCUT2D eigenvalue weighted by atomic mass is 10.1. The molecule has 0 aromatic heterocycles. The molecule has 0 aliphatic heterocycles. The Labute approximate surface area is 165 Å². The average Bonchev–Trinajstić information content (AvgIpc) is 2.61. The number of hydrogen-bond acceptors (Lipinski definition) is 3. The second kappa shape index (κ2) is 9.85. The maximum atomic E-state index is 12.1. The molecular weight excluding hydrogens is 386 g/mol. The molecule has 0 atom stereocenters. The second-order valence-corrected chi connectivity index (χ2v) is 8.78. The van der Waals surface area contributed by atoms with Crippen LogP contribution in [0.15, 0.2) is 53.4 Å². The molecule has 2 aromatic rings. The van der Waals surface area contributed by atoms with Gasteiger partial charge in [0.2, 0.25) is 15.9 Å². The lowest BCUT2D eigenvalue weighted by Crippen LogP contribution is -3.04. The van der Waals surface area contributed by atoms with Crippen molar-refractivity contribution in [3.63, 3.8) is 0 Å². The number of carbonyl (C=O) groups excluding carboxylic acids is 1. The SMILES string of the molecule is C[NH+](C)Cc1ccc(CNC(=O)CCNS(=O)(=O)c2ccc(Cl)cc2)cc1. The molecular formula is C19H25ClN3O3S+. The van der Waals surface area contributed by atoms with Gasteiger partial charge in [0, 0.05) is 30.1 Å². The van der Waals surface area contributed by atoms with Crippen LogP contribution >= 0.6 is 11.6 Å². The molecule has 146 valence electrons. The fourth-order valence-electron chi connectivity index (χ4n) is 2.47. The molecule has 0 saturated carbocycles. The Kier molecular flexibility index (Phi) is 7.79.